The maximum Gasteiger partial charge on any atom is 0.129 e. The van der Waals surface area contributed by atoms with Gasteiger partial charge in [0, 0.05) is 17.5 Å². The Bertz CT molecular complexity index is 345. The fourth-order valence-corrected chi connectivity index (χ4v) is 2.69. The number of rotatable bonds is 2. The molecule has 0 aromatic heterocycles. The highest BCUT2D eigenvalue weighted by atomic mass is 19.1. The zero-order valence-electron chi connectivity index (χ0n) is 9.47. The summed E-state index contributed by atoms with van der Waals surface area (Å²) >= 11 is 0. The van der Waals surface area contributed by atoms with Gasteiger partial charge in [-0.05, 0) is 32.0 Å². The van der Waals surface area contributed by atoms with Crippen LogP contribution < -0.4 is 5.32 Å². The Morgan fingerprint density at radius 3 is 2.38 bits per heavy atom. The number of hydrogen-bond donors (Lipinski definition) is 1. The highest BCUT2D eigenvalue weighted by Crippen LogP contribution is 2.35. The lowest BCUT2D eigenvalue weighted by Crippen LogP contribution is -2.35. The molecule has 0 saturated heterocycles. The largest absolute Gasteiger partial charge is 0.316 e. The molecular weight excluding hydrogens is 208 g/mol. The summed E-state index contributed by atoms with van der Waals surface area (Å²) in [5, 5.41) is 3.17. The van der Waals surface area contributed by atoms with E-state index in [1.165, 1.54) is 18.2 Å². The number of benzene rings is 1. The molecule has 1 saturated carbocycles. The van der Waals surface area contributed by atoms with Gasteiger partial charge in [0.2, 0.25) is 0 Å². The lowest BCUT2D eigenvalue weighted by molar-refractivity contribution is 0.328. The summed E-state index contributed by atoms with van der Waals surface area (Å²) in [6.07, 6.45) is 4.05. The summed E-state index contributed by atoms with van der Waals surface area (Å²) in [6, 6.07) is 4.31. The molecule has 1 aliphatic rings. The fourth-order valence-electron chi connectivity index (χ4n) is 2.69. The second kappa shape index (κ2) is 4.91. The van der Waals surface area contributed by atoms with Crippen molar-refractivity contribution in [1.29, 1.82) is 0 Å². The van der Waals surface area contributed by atoms with E-state index in [4.69, 9.17) is 0 Å². The zero-order chi connectivity index (χ0) is 11.5. The number of halogens is 2. The molecule has 1 nitrogen and oxygen atoms in total. The molecule has 16 heavy (non-hydrogen) atoms. The van der Waals surface area contributed by atoms with E-state index in [-0.39, 0.29) is 17.5 Å². The molecule has 2 atom stereocenters. The Kier molecular flexibility index (Phi) is 3.54. The van der Waals surface area contributed by atoms with Gasteiger partial charge in [-0.2, -0.15) is 0 Å². The molecule has 88 valence electrons. The van der Waals surface area contributed by atoms with E-state index in [0.717, 1.165) is 25.7 Å². The second-order valence-corrected chi connectivity index (χ2v) is 4.42. The van der Waals surface area contributed by atoms with Gasteiger partial charge in [-0.25, -0.2) is 8.78 Å². The third-order valence-corrected chi connectivity index (χ3v) is 3.51. The molecule has 0 heterocycles. The summed E-state index contributed by atoms with van der Waals surface area (Å²) in [5.41, 5.74) is 0.265. The van der Waals surface area contributed by atoms with E-state index < -0.39 is 11.6 Å². The normalized spacial score (nSPS) is 25.7. The van der Waals surface area contributed by atoms with Crippen LogP contribution in [0.4, 0.5) is 8.78 Å². The van der Waals surface area contributed by atoms with Gasteiger partial charge in [-0.1, -0.05) is 18.9 Å². The molecule has 0 spiro atoms. The van der Waals surface area contributed by atoms with E-state index in [1.54, 1.807) is 0 Å². The van der Waals surface area contributed by atoms with Crippen molar-refractivity contribution < 1.29 is 8.78 Å². The van der Waals surface area contributed by atoms with Crippen molar-refractivity contribution in [3.63, 3.8) is 0 Å². The third kappa shape index (κ3) is 2.09. The highest BCUT2D eigenvalue weighted by Gasteiger charge is 2.29. The Morgan fingerprint density at radius 2 is 1.75 bits per heavy atom. The Labute approximate surface area is 94.9 Å². The first kappa shape index (κ1) is 11.5. The van der Waals surface area contributed by atoms with E-state index >= 15 is 0 Å². The van der Waals surface area contributed by atoms with E-state index in [0.29, 0.717) is 0 Å². The summed E-state index contributed by atoms with van der Waals surface area (Å²) in [5.74, 6) is -0.848. The average molecular weight is 225 g/mol. The number of likely N-dealkylation sites (N-methyl/N-ethyl adjacent to an activating group) is 1. The summed E-state index contributed by atoms with van der Waals surface area (Å²) in [7, 11) is 1.86. The number of hydrogen-bond acceptors (Lipinski definition) is 1. The van der Waals surface area contributed by atoms with Crippen LogP contribution in [0, 0.1) is 11.6 Å². The Morgan fingerprint density at radius 1 is 1.12 bits per heavy atom. The van der Waals surface area contributed by atoms with Crippen LogP contribution >= 0.6 is 0 Å². The molecular formula is C13H17F2N. The van der Waals surface area contributed by atoms with Gasteiger partial charge in [0.1, 0.15) is 11.6 Å². The van der Waals surface area contributed by atoms with Gasteiger partial charge >= 0.3 is 0 Å². The summed E-state index contributed by atoms with van der Waals surface area (Å²) in [4.78, 5) is 0. The monoisotopic (exact) mass is 225 g/mol. The molecule has 0 radical (unpaired) electrons. The minimum Gasteiger partial charge on any atom is -0.316 e. The number of nitrogens with one attached hydrogen (secondary N) is 1. The molecule has 2 unspecified atom stereocenters. The smallest absolute Gasteiger partial charge is 0.129 e. The van der Waals surface area contributed by atoms with E-state index in [2.05, 4.69) is 5.32 Å². The van der Waals surface area contributed by atoms with E-state index in [9.17, 15) is 8.78 Å². The van der Waals surface area contributed by atoms with Crippen LogP contribution in [-0.4, -0.2) is 13.1 Å². The van der Waals surface area contributed by atoms with E-state index in [1.807, 2.05) is 7.05 Å². The van der Waals surface area contributed by atoms with Gasteiger partial charge < -0.3 is 5.32 Å². The maximum atomic E-state index is 13.7. The molecule has 1 aliphatic carbocycles. The molecule has 0 amide bonds. The SMILES string of the molecule is CNC1CCCCC1c1c(F)cccc1F. The molecule has 0 aliphatic heterocycles. The van der Waals surface area contributed by atoms with Gasteiger partial charge in [-0.15, -0.1) is 0 Å². The predicted molar refractivity (Wildman–Crippen MR) is 60.4 cm³/mol. The topological polar surface area (TPSA) is 12.0 Å². The third-order valence-electron chi connectivity index (χ3n) is 3.51. The van der Waals surface area contributed by atoms with Gasteiger partial charge in [-0.3, -0.25) is 0 Å². The maximum absolute atomic E-state index is 13.7. The first-order valence-electron chi connectivity index (χ1n) is 5.85. The van der Waals surface area contributed by atoms with Crippen LogP contribution in [0.5, 0.6) is 0 Å². The lowest BCUT2D eigenvalue weighted by Gasteiger charge is -2.32. The minimum atomic E-state index is -0.410. The summed E-state index contributed by atoms with van der Waals surface area (Å²) in [6.45, 7) is 0. The van der Waals surface area contributed by atoms with Gasteiger partial charge in [0.15, 0.2) is 0 Å². The van der Waals surface area contributed by atoms with Crippen LogP contribution in [-0.2, 0) is 0 Å². The Hall–Kier alpha value is -0.960. The lowest BCUT2D eigenvalue weighted by atomic mass is 9.79. The van der Waals surface area contributed by atoms with Gasteiger partial charge in [0.25, 0.3) is 0 Å². The van der Waals surface area contributed by atoms with Crippen molar-refractivity contribution in [2.75, 3.05) is 7.05 Å². The Balaban J connectivity index is 2.34. The molecule has 3 heteroatoms. The van der Waals surface area contributed by atoms with Crippen molar-refractivity contribution in [2.45, 2.75) is 37.6 Å². The van der Waals surface area contributed by atoms with Crippen molar-refractivity contribution in [3.8, 4) is 0 Å². The quantitative estimate of drug-likeness (QED) is 0.815. The van der Waals surface area contributed by atoms with Gasteiger partial charge in [0.05, 0.1) is 0 Å². The average Bonchev–Trinajstić information content (AvgIpc) is 2.29. The highest BCUT2D eigenvalue weighted by molar-refractivity contribution is 5.26. The molecule has 1 N–H and O–H groups in total. The summed E-state index contributed by atoms with van der Waals surface area (Å²) < 4.78 is 27.4. The standard InChI is InChI=1S/C13H17F2N/c1-16-12-8-3-2-5-9(12)13-10(14)6-4-7-11(13)15/h4,6-7,9,12,16H,2-3,5,8H2,1H3. The first-order valence-corrected chi connectivity index (χ1v) is 5.85. The van der Waals surface area contributed by atoms with Crippen LogP contribution in [0.25, 0.3) is 0 Å². The molecule has 2 rings (SSSR count). The van der Waals surface area contributed by atoms with Crippen molar-refractivity contribution >= 4 is 0 Å². The van der Waals surface area contributed by atoms with Crippen LogP contribution in [0.3, 0.4) is 0 Å². The first-order chi connectivity index (χ1) is 7.74. The fraction of sp³-hybridized carbons (Fsp3) is 0.538. The van der Waals surface area contributed by atoms with Crippen molar-refractivity contribution in [1.82, 2.24) is 5.32 Å². The predicted octanol–water partition coefficient (Wildman–Crippen LogP) is 3.21. The molecule has 1 aromatic rings. The van der Waals surface area contributed by atoms with Crippen molar-refractivity contribution in [2.24, 2.45) is 0 Å². The van der Waals surface area contributed by atoms with Crippen LogP contribution in [0.1, 0.15) is 37.2 Å². The molecule has 1 aromatic carbocycles. The molecule has 0 bridgehead atoms. The second-order valence-electron chi connectivity index (χ2n) is 4.42. The zero-order valence-corrected chi connectivity index (χ0v) is 9.47. The minimum absolute atomic E-state index is 0.0278. The van der Waals surface area contributed by atoms with Crippen molar-refractivity contribution in [3.05, 3.63) is 35.4 Å². The van der Waals surface area contributed by atoms with Crippen LogP contribution in [0.15, 0.2) is 18.2 Å². The molecule has 1 fully saturated rings. The van der Waals surface area contributed by atoms with Crippen LogP contribution in [0.2, 0.25) is 0 Å².